The minimum absolute atomic E-state index is 0.156. The van der Waals surface area contributed by atoms with Gasteiger partial charge in [0.25, 0.3) is 0 Å². The number of nitrogen functional groups attached to an aromatic ring is 1. The molecular weight excluding hydrogens is 389 g/mol. The molecule has 0 fully saturated rings. The first-order chi connectivity index (χ1) is 15.1. The number of aryl methyl sites for hydroxylation is 1. The van der Waals surface area contributed by atoms with Crippen molar-refractivity contribution in [1.29, 1.82) is 0 Å². The normalized spacial score (nSPS) is 11.0. The number of unbranched alkanes of at least 4 members (excludes halogenated alkanes) is 3. The SMILES string of the molecule is Nc1ccc(CCCCCCOc2ccc(C=CC(=O)c3ccc(F)cc3)cc2)cc1. The van der Waals surface area contributed by atoms with Crippen LogP contribution in [-0.4, -0.2) is 12.4 Å². The lowest BCUT2D eigenvalue weighted by atomic mass is 10.1. The van der Waals surface area contributed by atoms with Crippen LogP contribution in [0.25, 0.3) is 6.08 Å². The van der Waals surface area contributed by atoms with Crippen molar-refractivity contribution < 1.29 is 13.9 Å². The summed E-state index contributed by atoms with van der Waals surface area (Å²) >= 11 is 0. The van der Waals surface area contributed by atoms with Gasteiger partial charge in [0.05, 0.1) is 6.61 Å². The molecule has 4 heteroatoms. The number of ketones is 1. The van der Waals surface area contributed by atoms with Gasteiger partial charge < -0.3 is 10.5 Å². The van der Waals surface area contributed by atoms with E-state index in [-0.39, 0.29) is 11.6 Å². The predicted octanol–water partition coefficient (Wildman–Crippen LogP) is 6.49. The Bertz CT molecular complexity index is 977. The van der Waals surface area contributed by atoms with Gasteiger partial charge in [-0.1, -0.05) is 43.2 Å². The molecule has 0 radical (unpaired) electrons. The molecule has 3 aromatic carbocycles. The Balaban J connectivity index is 1.32. The van der Waals surface area contributed by atoms with Gasteiger partial charge >= 0.3 is 0 Å². The molecule has 0 saturated heterocycles. The van der Waals surface area contributed by atoms with Crippen molar-refractivity contribution >= 4 is 17.5 Å². The lowest BCUT2D eigenvalue weighted by Crippen LogP contribution is -1.97. The zero-order valence-electron chi connectivity index (χ0n) is 17.6. The maximum atomic E-state index is 12.9. The van der Waals surface area contributed by atoms with E-state index in [0.29, 0.717) is 12.2 Å². The lowest BCUT2D eigenvalue weighted by molar-refractivity contribution is 0.104. The molecule has 3 aromatic rings. The van der Waals surface area contributed by atoms with E-state index >= 15 is 0 Å². The van der Waals surface area contributed by atoms with Gasteiger partial charge in [0.1, 0.15) is 11.6 Å². The number of anilines is 1. The minimum Gasteiger partial charge on any atom is -0.494 e. The Morgan fingerprint density at radius 2 is 1.52 bits per heavy atom. The van der Waals surface area contributed by atoms with Gasteiger partial charge in [-0.05, 0) is 85.0 Å². The molecule has 3 nitrogen and oxygen atoms in total. The van der Waals surface area contributed by atoms with Crippen LogP contribution in [0.5, 0.6) is 5.75 Å². The van der Waals surface area contributed by atoms with Crippen molar-refractivity contribution in [2.45, 2.75) is 32.1 Å². The largest absolute Gasteiger partial charge is 0.494 e. The number of halogens is 1. The number of benzene rings is 3. The van der Waals surface area contributed by atoms with Crippen molar-refractivity contribution in [3.63, 3.8) is 0 Å². The van der Waals surface area contributed by atoms with E-state index < -0.39 is 0 Å². The minimum atomic E-state index is -0.353. The van der Waals surface area contributed by atoms with E-state index in [4.69, 9.17) is 10.5 Å². The van der Waals surface area contributed by atoms with Crippen LogP contribution >= 0.6 is 0 Å². The number of nitrogens with two attached hydrogens (primary N) is 1. The summed E-state index contributed by atoms with van der Waals surface area (Å²) in [6.07, 6.45) is 8.84. The van der Waals surface area contributed by atoms with Crippen molar-refractivity contribution in [1.82, 2.24) is 0 Å². The van der Waals surface area contributed by atoms with Crippen LogP contribution in [0, 0.1) is 5.82 Å². The Morgan fingerprint density at radius 3 is 2.23 bits per heavy atom. The fraction of sp³-hybridized carbons (Fsp3) is 0.222. The predicted molar refractivity (Wildman–Crippen MR) is 125 cm³/mol. The highest BCUT2D eigenvalue weighted by Gasteiger charge is 2.02. The van der Waals surface area contributed by atoms with E-state index in [2.05, 4.69) is 12.1 Å². The first-order valence-electron chi connectivity index (χ1n) is 10.7. The third kappa shape index (κ3) is 7.74. The first-order valence-corrected chi connectivity index (χ1v) is 10.7. The molecule has 2 N–H and O–H groups in total. The van der Waals surface area contributed by atoms with Gasteiger partial charge in [-0.2, -0.15) is 0 Å². The third-order valence-corrected chi connectivity index (χ3v) is 5.04. The van der Waals surface area contributed by atoms with Crippen LogP contribution in [0.2, 0.25) is 0 Å². The summed E-state index contributed by atoms with van der Waals surface area (Å²) in [7, 11) is 0. The molecular formula is C27H28FNO2. The molecule has 0 aromatic heterocycles. The maximum absolute atomic E-state index is 12.9. The van der Waals surface area contributed by atoms with Crippen molar-refractivity contribution in [3.05, 3.63) is 101 Å². The van der Waals surface area contributed by atoms with E-state index in [0.717, 1.165) is 36.3 Å². The quantitative estimate of drug-likeness (QED) is 0.168. The fourth-order valence-corrected chi connectivity index (χ4v) is 3.22. The molecule has 0 aliphatic carbocycles. The molecule has 0 amide bonds. The Kier molecular flexibility index (Phi) is 8.41. The van der Waals surface area contributed by atoms with Gasteiger partial charge in [-0.15, -0.1) is 0 Å². The number of carbonyl (C=O) groups excluding carboxylic acids is 1. The fourth-order valence-electron chi connectivity index (χ4n) is 3.22. The number of ether oxygens (including phenoxy) is 1. The maximum Gasteiger partial charge on any atom is 0.185 e. The van der Waals surface area contributed by atoms with Crippen molar-refractivity contribution in [2.24, 2.45) is 0 Å². The Labute approximate surface area is 183 Å². The molecule has 3 rings (SSSR count). The average molecular weight is 418 g/mol. The highest BCUT2D eigenvalue weighted by molar-refractivity contribution is 6.06. The molecule has 31 heavy (non-hydrogen) atoms. The zero-order valence-corrected chi connectivity index (χ0v) is 17.6. The summed E-state index contributed by atoms with van der Waals surface area (Å²) in [5.74, 6) is 0.315. The van der Waals surface area contributed by atoms with Crippen LogP contribution < -0.4 is 10.5 Å². The number of rotatable bonds is 11. The molecule has 160 valence electrons. The van der Waals surface area contributed by atoms with E-state index in [1.807, 2.05) is 36.4 Å². The second-order valence-electron chi connectivity index (χ2n) is 7.53. The standard InChI is InChI=1S/C27H28FNO2/c28-24-13-11-23(12-14-24)27(30)19-10-22-8-17-26(18-9-22)31-20-4-2-1-3-5-21-6-15-25(29)16-7-21/h6-19H,1-5,20,29H2. The molecule has 0 bridgehead atoms. The molecule has 0 aliphatic rings. The molecule has 0 unspecified atom stereocenters. The average Bonchev–Trinajstić information content (AvgIpc) is 2.79. The van der Waals surface area contributed by atoms with Crippen molar-refractivity contribution in [3.8, 4) is 5.75 Å². The number of carbonyl (C=O) groups is 1. The van der Waals surface area contributed by atoms with Crippen LogP contribution in [-0.2, 0) is 6.42 Å². The monoisotopic (exact) mass is 417 g/mol. The van der Waals surface area contributed by atoms with E-state index in [1.165, 1.54) is 48.7 Å². The zero-order chi connectivity index (χ0) is 21.9. The van der Waals surface area contributed by atoms with Crippen LogP contribution in [0.1, 0.15) is 47.2 Å². The summed E-state index contributed by atoms with van der Waals surface area (Å²) in [6, 6.07) is 21.3. The molecule has 0 atom stereocenters. The second-order valence-corrected chi connectivity index (χ2v) is 7.53. The summed E-state index contributed by atoms with van der Waals surface area (Å²) in [5, 5.41) is 0. The van der Waals surface area contributed by atoms with Crippen LogP contribution in [0.15, 0.2) is 78.9 Å². The molecule has 0 heterocycles. The summed E-state index contributed by atoms with van der Waals surface area (Å²) in [5.41, 5.74) is 9.22. The number of hydrogen-bond acceptors (Lipinski definition) is 3. The molecule has 0 saturated carbocycles. The number of allylic oxidation sites excluding steroid dienone is 1. The summed E-state index contributed by atoms with van der Waals surface area (Å²) < 4.78 is 18.7. The summed E-state index contributed by atoms with van der Waals surface area (Å²) in [4.78, 5) is 12.1. The van der Waals surface area contributed by atoms with Crippen molar-refractivity contribution in [2.75, 3.05) is 12.3 Å². The number of hydrogen-bond donors (Lipinski definition) is 1. The van der Waals surface area contributed by atoms with Gasteiger partial charge in [-0.25, -0.2) is 4.39 Å². The van der Waals surface area contributed by atoms with Gasteiger partial charge in [-0.3, -0.25) is 4.79 Å². The first kappa shape index (κ1) is 22.3. The smallest absolute Gasteiger partial charge is 0.185 e. The van der Waals surface area contributed by atoms with E-state index in [1.54, 1.807) is 6.08 Å². The van der Waals surface area contributed by atoms with Gasteiger partial charge in [0.15, 0.2) is 5.78 Å². The molecule has 0 spiro atoms. The highest BCUT2D eigenvalue weighted by Crippen LogP contribution is 2.15. The van der Waals surface area contributed by atoms with E-state index in [9.17, 15) is 9.18 Å². The van der Waals surface area contributed by atoms with Gasteiger partial charge in [0, 0.05) is 11.3 Å². The van der Waals surface area contributed by atoms with Crippen LogP contribution in [0.3, 0.4) is 0 Å². The summed E-state index contributed by atoms with van der Waals surface area (Å²) in [6.45, 7) is 0.695. The van der Waals surface area contributed by atoms with Gasteiger partial charge in [0.2, 0.25) is 0 Å². The topological polar surface area (TPSA) is 52.3 Å². The second kappa shape index (κ2) is 11.7. The molecule has 0 aliphatic heterocycles. The Hall–Kier alpha value is -3.40. The Morgan fingerprint density at radius 1 is 0.839 bits per heavy atom. The van der Waals surface area contributed by atoms with Crippen LogP contribution in [0.4, 0.5) is 10.1 Å². The lowest BCUT2D eigenvalue weighted by Gasteiger charge is -2.07. The third-order valence-electron chi connectivity index (χ3n) is 5.04. The highest BCUT2D eigenvalue weighted by atomic mass is 19.1.